The summed E-state index contributed by atoms with van der Waals surface area (Å²) in [5, 5.41) is 16.2. The first-order valence-electron chi connectivity index (χ1n) is 6.15. The van der Waals surface area contributed by atoms with Crippen LogP contribution in [0.15, 0.2) is 18.2 Å². The zero-order chi connectivity index (χ0) is 13.1. The maximum atomic E-state index is 13.6. The highest BCUT2D eigenvalue weighted by atomic mass is 35.5. The van der Waals surface area contributed by atoms with Gasteiger partial charge in [-0.15, -0.1) is 0 Å². The van der Waals surface area contributed by atoms with Gasteiger partial charge in [0, 0.05) is 18.2 Å². The minimum atomic E-state index is -0.673. The Hall–Kier alpha value is -0.680. The molecule has 0 amide bonds. The van der Waals surface area contributed by atoms with E-state index in [1.54, 1.807) is 12.1 Å². The molecule has 0 aliphatic carbocycles. The number of aliphatic hydroxyl groups excluding tert-OH is 1. The third-order valence-corrected chi connectivity index (χ3v) is 3.59. The number of aliphatic hydroxyl groups is 1. The lowest BCUT2D eigenvalue weighted by atomic mass is 10.1. The zero-order valence-corrected chi connectivity index (χ0v) is 11.0. The Bertz CT molecular complexity index is 416. The molecule has 1 aliphatic rings. The van der Waals surface area contributed by atoms with Crippen molar-refractivity contribution >= 4 is 11.6 Å². The summed E-state index contributed by atoms with van der Waals surface area (Å²) in [6, 6.07) is 4.90. The van der Waals surface area contributed by atoms with Gasteiger partial charge in [-0.2, -0.15) is 0 Å². The van der Waals surface area contributed by atoms with E-state index in [2.05, 4.69) is 17.6 Å². The fraction of sp³-hybridized carbons (Fsp3) is 0.538. The average Bonchev–Trinajstić information content (AvgIpc) is 2.77. The van der Waals surface area contributed by atoms with Crippen LogP contribution in [0.2, 0.25) is 5.02 Å². The first-order valence-corrected chi connectivity index (χ1v) is 6.53. The molecule has 1 heterocycles. The number of benzene rings is 1. The van der Waals surface area contributed by atoms with Crippen LogP contribution in [0, 0.1) is 11.7 Å². The van der Waals surface area contributed by atoms with Gasteiger partial charge in [0.1, 0.15) is 12.0 Å². The Balaban J connectivity index is 1.89. The molecule has 5 heteroatoms. The minimum absolute atomic E-state index is 0.0299. The van der Waals surface area contributed by atoms with E-state index < -0.39 is 12.0 Å². The van der Waals surface area contributed by atoms with E-state index in [1.807, 2.05) is 0 Å². The summed E-state index contributed by atoms with van der Waals surface area (Å²) in [7, 11) is 0. The molecular formula is C13H18ClFN2O. The van der Waals surface area contributed by atoms with Gasteiger partial charge in [-0.3, -0.25) is 5.32 Å². The first-order chi connectivity index (χ1) is 8.58. The van der Waals surface area contributed by atoms with Crippen molar-refractivity contribution in [3.05, 3.63) is 34.6 Å². The van der Waals surface area contributed by atoms with Crippen molar-refractivity contribution in [3.63, 3.8) is 0 Å². The van der Waals surface area contributed by atoms with Crippen LogP contribution in [0.25, 0.3) is 0 Å². The number of hydrogen-bond acceptors (Lipinski definition) is 3. The maximum Gasteiger partial charge on any atom is 0.146 e. The highest BCUT2D eigenvalue weighted by Gasteiger charge is 2.26. The van der Waals surface area contributed by atoms with Gasteiger partial charge in [0.05, 0.1) is 5.02 Å². The topological polar surface area (TPSA) is 44.3 Å². The van der Waals surface area contributed by atoms with Crippen LogP contribution >= 0.6 is 11.6 Å². The molecule has 1 saturated heterocycles. The average molecular weight is 273 g/mol. The Morgan fingerprint density at radius 1 is 1.61 bits per heavy atom. The molecule has 3 N–H and O–H groups in total. The van der Waals surface area contributed by atoms with E-state index in [4.69, 9.17) is 11.6 Å². The summed E-state index contributed by atoms with van der Waals surface area (Å²) < 4.78 is 13.6. The van der Waals surface area contributed by atoms with Crippen molar-refractivity contribution in [2.24, 2.45) is 5.92 Å². The van der Waals surface area contributed by atoms with Crippen LogP contribution < -0.4 is 10.6 Å². The predicted molar refractivity (Wildman–Crippen MR) is 69.8 cm³/mol. The van der Waals surface area contributed by atoms with Gasteiger partial charge in [-0.1, -0.05) is 30.7 Å². The van der Waals surface area contributed by atoms with Gasteiger partial charge < -0.3 is 10.4 Å². The molecule has 1 aromatic carbocycles. The van der Waals surface area contributed by atoms with Crippen LogP contribution in [0.3, 0.4) is 0 Å². The summed E-state index contributed by atoms with van der Waals surface area (Å²) in [6.07, 6.45) is 0.250. The Morgan fingerprint density at radius 3 is 3.06 bits per heavy atom. The summed E-state index contributed by atoms with van der Waals surface area (Å²) in [4.78, 5) is 0. The molecule has 0 aromatic heterocycles. The second kappa shape index (κ2) is 5.97. The molecule has 1 aromatic rings. The lowest BCUT2D eigenvalue weighted by Crippen LogP contribution is -2.44. The Labute approximate surface area is 111 Å². The minimum Gasteiger partial charge on any atom is -0.377 e. The van der Waals surface area contributed by atoms with Gasteiger partial charge in [0.2, 0.25) is 0 Å². The molecule has 1 fully saturated rings. The number of rotatable bonds is 4. The Morgan fingerprint density at radius 2 is 2.39 bits per heavy atom. The van der Waals surface area contributed by atoms with Crippen molar-refractivity contribution in [2.75, 3.05) is 6.54 Å². The summed E-state index contributed by atoms with van der Waals surface area (Å²) in [6.45, 7) is 3.31. The summed E-state index contributed by atoms with van der Waals surface area (Å²) in [5.41, 5.74) is 0.465. The van der Waals surface area contributed by atoms with Gasteiger partial charge in [0.15, 0.2) is 0 Å². The zero-order valence-electron chi connectivity index (χ0n) is 10.3. The SMILES string of the molecule is CC1CNC(C(O)NCc2cccc(Cl)c2F)C1. The second-order valence-corrected chi connectivity index (χ2v) is 5.30. The first kappa shape index (κ1) is 13.7. The predicted octanol–water partition coefficient (Wildman–Crippen LogP) is 1.89. The standard InChI is InChI=1S/C13H18ClFN2O/c1-8-5-11(16-6-8)13(18)17-7-9-3-2-4-10(14)12(9)15/h2-4,8,11,13,16-18H,5-7H2,1H3. The van der Waals surface area contributed by atoms with E-state index in [-0.39, 0.29) is 17.6 Å². The molecular weight excluding hydrogens is 255 g/mol. The van der Waals surface area contributed by atoms with Crippen molar-refractivity contribution < 1.29 is 9.50 Å². The molecule has 100 valence electrons. The van der Waals surface area contributed by atoms with Crippen molar-refractivity contribution in [1.82, 2.24) is 10.6 Å². The van der Waals surface area contributed by atoms with E-state index >= 15 is 0 Å². The molecule has 0 radical (unpaired) electrons. The van der Waals surface area contributed by atoms with E-state index in [0.29, 0.717) is 11.5 Å². The fourth-order valence-electron chi connectivity index (χ4n) is 2.24. The third kappa shape index (κ3) is 3.20. The molecule has 2 rings (SSSR count). The van der Waals surface area contributed by atoms with Crippen molar-refractivity contribution in [2.45, 2.75) is 32.2 Å². The molecule has 3 nitrogen and oxygen atoms in total. The van der Waals surface area contributed by atoms with Gasteiger partial charge in [0.25, 0.3) is 0 Å². The quantitative estimate of drug-likeness (QED) is 0.734. The monoisotopic (exact) mass is 272 g/mol. The highest BCUT2D eigenvalue weighted by Crippen LogP contribution is 2.18. The molecule has 0 saturated carbocycles. The summed E-state index contributed by atoms with van der Waals surface area (Å²) >= 11 is 5.70. The van der Waals surface area contributed by atoms with Crippen LogP contribution in [-0.4, -0.2) is 23.9 Å². The molecule has 18 heavy (non-hydrogen) atoms. The lowest BCUT2D eigenvalue weighted by molar-refractivity contribution is 0.0979. The number of halogens is 2. The van der Waals surface area contributed by atoms with Crippen molar-refractivity contribution in [1.29, 1.82) is 0 Å². The Kier molecular flexibility index (Phi) is 4.56. The largest absolute Gasteiger partial charge is 0.377 e. The number of hydrogen-bond donors (Lipinski definition) is 3. The maximum absolute atomic E-state index is 13.6. The smallest absolute Gasteiger partial charge is 0.146 e. The summed E-state index contributed by atoms with van der Waals surface area (Å²) in [5.74, 6) is 0.140. The molecule has 3 atom stereocenters. The van der Waals surface area contributed by atoms with E-state index in [0.717, 1.165) is 13.0 Å². The molecule has 0 spiro atoms. The lowest BCUT2D eigenvalue weighted by Gasteiger charge is -2.20. The molecule has 0 bridgehead atoms. The van der Waals surface area contributed by atoms with Gasteiger partial charge in [-0.25, -0.2) is 4.39 Å². The van der Waals surface area contributed by atoms with Crippen LogP contribution in [-0.2, 0) is 6.54 Å². The second-order valence-electron chi connectivity index (χ2n) is 4.89. The van der Waals surface area contributed by atoms with Crippen LogP contribution in [0.4, 0.5) is 4.39 Å². The van der Waals surface area contributed by atoms with Gasteiger partial charge >= 0.3 is 0 Å². The highest BCUT2D eigenvalue weighted by molar-refractivity contribution is 6.30. The fourth-order valence-corrected chi connectivity index (χ4v) is 2.43. The van der Waals surface area contributed by atoms with E-state index in [1.165, 1.54) is 6.07 Å². The molecule has 3 unspecified atom stereocenters. The van der Waals surface area contributed by atoms with Crippen LogP contribution in [0.1, 0.15) is 18.9 Å². The van der Waals surface area contributed by atoms with Crippen molar-refractivity contribution in [3.8, 4) is 0 Å². The number of nitrogens with one attached hydrogen (secondary N) is 2. The normalized spacial score (nSPS) is 25.3. The van der Waals surface area contributed by atoms with Gasteiger partial charge in [-0.05, 0) is 24.9 Å². The molecule has 1 aliphatic heterocycles. The van der Waals surface area contributed by atoms with Crippen LogP contribution in [0.5, 0.6) is 0 Å². The van der Waals surface area contributed by atoms with E-state index in [9.17, 15) is 9.50 Å². The third-order valence-electron chi connectivity index (χ3n) is 3.30.